The summed E-state index contributed by atoms with van der Waals surface area (Å²) in [5.74, 6) is -0.173. The number of ether oxygens (including phenoxy) is 2. The first kappa shape index (κ1) is 15.5. The van der Waals surface area contributed by atoms with Crippen molar-refractivity contribution >= 4 is 11.8 Å². The number of aliphatic hydroxyl groups excluding tert-OH is 2. The highest BCUT2D eigenvalue weighted by atomic mass is 16.5. The summed E-state index contributed by atoms with van der Waals surface area (Å²) in [6.45, 7) is 2.22. The smallest absolute Gasteiger partial charge is 0.308 e. The van der Waals surface area contributed by atoms with E-state index in [1.54, 1.807) is 19.1 Å². The molecule has 1 aliphatic heterocycles. The van der Waals surface area contributed by atoms with E-state index in [1.165, 1.54) is 6.07 Å². The third kappa shape index (κ3) is 3.59. The fourth-order valence-corrected chi connectivity index (χ4v) is 2.19. The van der Waals surface area contributed by atoms with Gasteiger partial charge in [0.1, 0.15) is 11.9 Å². The molecule has 2 atom stereocenters. The van der Waals surface area contributed by atoms with E-state index in [1.807, 2.05) is 0 Å². The van der Waals surface area contributed by atoms with E-state index in [-0.39, 0.29) is 25.2 Å². The maximum Gasteiger partial charge on any atom is 0.308 e. The van der Waals surface area contributed by atoms with Crippen molar-refractivity contribution in [3.8, 4) is 5.75 Å². The van der Waals surface area contributed by atoms with Gasteiger partial charge in [-0.3, -0.25) is 9.59 Å². The number of esters is 1. The Balaban J connectivity index is 2.12. The third-order valence-electron chi connectivity index (χ3n) is 3.28. The van der Waals surface area contributed by atoms with Crippen LogP contribution in [0, 0.1) is 0 Å². The normalized spacial score (nSPS) is 16.6. The van der Waals surface area contributed by atoms with Gasteiger partial charge in [-0.05, 0) is 24.6 Å². The van der Waals surface area contributed by atoms with Crippen LogP contribution in [-0.2, 0) is 9.53 Å². The lowest BCUT2D eigenvalue weighted by molar-refractivity contribution is -0.147. The largest absolute Gasteiger partial charge is 0.492 e. The van der Waals surface area contributed by atoms with Crippen LogP contribution < -0.4 is 4.74 Å². The van der Waals surface area contributed by atoms with Gasteiger partial charge in [-0.1, -0.05) is 6.07 Å². The maximum absolute atomic E-state index is 11.8. The topological polar surface area (TPSA) is 93.1 Å². The van der Waals surface area contributed by atoms with Crippen molar-refractivity contribution in [1.82, 2.24) is 0 Å². The summed E-state index contributed by atoms with van der Waals surface area (Å²) >= 11 is 0. The number of aliphatic hydroxyl groups is 2. The van der Waals surface area contributed by atoms with Crippen LogP contribution >= 0.6 is 0 Å². The Morgan fingerprint density at radius 2 is 2.19 bits per heavy atom. The second-order valence-electron chi connectivity index (χ2n) is 4.80. The molecule has 21 heavy (non-hydrogen) atoms. The van der Waals surface area contributed by atoms with Crippen molar-refractivity contribution in [2.45, 2.75) is 32.0 Å². The van der Waals surface area contributed by atoms with Crippen LogP contribution in [0.1, 0.15) is 41.8 Å². The Labute approximate surface area is 122 Å². The lowest BCUT2D eigenvalue weighted by atomic mass is 9.96. The van der Waals surface area contributed by atoms with Gasteiger partial charge in [0.15, 0.2) is 5.78 Å². The molecule has 0 spiro atoms. The number of Topliss-reactive ketones (excluding diaryl/α,β-unsaturated/α-hetero) is 1. The van der Waals surface area contributed by atoms with Crippen LogP contribution in [-0.4, -0.2) is 41.3 Å². The standard InChI is InChI=1S/C15H18O6/c1-2-20-14(18)8-12(17)15(19)9-3-4-13-10(7-9)11(16)5-6-21-13/h3-4,7,12,15,17,19H,2,5-6,8H2,1H3. The summed E-state index contributed by atoms with van der Waals surface area (Å²) in [7, 11) is 0. The molecule has 1 heterocycles. The quantitative estimate of drug-likeness (QED) is 0.787. The molecule has 2 unspecified atom stereocenters. The van der Waals surface area contributed by atoms with E-state index >= 15 is 0 Å². The Bertz CT molecular complexity index is 539. The molecule has 6 nitrogen and oxygen atoms in total. The van der Waals surface area contributed by atoms with Gasteiger partial charge in [0.25, 0.3) is 0 Å². The summed E-state index contributed by atoms with van der Waals surface area (Å²) in [6.07, 6.45) is -2.58. The zero-order chi connectivity index (χ0) is 15.4. The molecule has 6 heteroatoms. The van der Waals surface area contributed by atoms with Gasteiger partial charge in [0.05, 0.1) is 31.3 Å². The monoisotopic (exact) mass is 294 g/mol. The summed E-state index contributed by atoms with van der Waals surface area (Å²) in [5, 5.41) is 20.0. The first-order chi connectivity index (χ1) is 10.0. The van der Waals surface area contributed by atoms with Crippen molar-refractivity contribution in [2.24, 2.45) is 0 Å². The number of hydrogen-bond acceptors (Lipinski definition) is 6. The zero-order valence-electron chi connectivity index (χ0n) is 11.7. The maximum atomic E-state index is 11.8. The molecule has 1 aromatic carbocycles. The van der Waals surface area contributed by atoms with Gasteiger partial charge >= 0.3 is 5.97 Å². The predicted molar refractivity (Wildman–Crippen MR) is 73.1 cm³/mol. The molecule has 0 radical (unpaired) electrons. The van der Waals surface area contributed by atoms with Crippen LogP contribution in [0.3, 0.4) is 0 Å². The summed E-state index contributed by atoms with van der Waals surface area (Å²) < 4.78 is 10.1. The minimum absolute atomic E-state index is 0.0646. The molecule has 1 aliphatic rings. The average Bonchev–Trinajstić information content (AvgIpc) is 2.46. The molecule has 0 bridgehead atoms. The summed E-state index contributed by atoms with van der Waals surface area (Å²) in [4.78, 5) is 23.1. The van der Waals surface area contributed by atoms with Crippen LogP contribution in [0.25, 0.3) is 0 Å². The highest BCUT2D eigenvalue weighted by Crippen LogP contribution is 2.29. The Morgan fingerprint density at radius 1 is 1.43 bits per heavy atom. The van der Waals surface area contributed by atoms with Crippen molar-refractivity contribution in [3.63, 3.8) is 0 Å². The number of benzene rings is 1. The molecule has 2 rings (SSSR count). The van der Waals surface area contributed by atoms with E-state index in [0.717, 1.165) is 0 Å². The molecule has 0 saturated carbocycles. The molecule has 0 saturated heterocycles. The van der Waals surface area contributed by atoms with Crippen LogP contribution in [0.5, 0.6) is 5.75 Å². The number of carbonyl (C=O) groups is 2. The Kier molecular flexibility index (Phi) is 4.93. The predicted octanol–water partition coefficient (Wildman–Crippen LogP) is 0.999. The molecule has 0 amide bonds. The zero-order valence-corrected chi connectivity index (χ0v) is 11.7. The molecular formula is C15H18O6. The Hall–Kier alpha value is -1.92. The van der Waals surface area contributed by atoms with Crippen molar-refractivity contribution < 1.29 is 29.3 Å². The second-order valence-corrected chi connectivity index (χ2v) is 4.80. The fourth-order valence-electron chi connectivity index (χ4n) is 2.19. The summed E-state index contributed by atoms with van der Waals surface area (Å²) in [6, 6.07) is 4.65. The van der Waals surface area contributed by atoms with E-state index in [0.29, 0.717) is 23.5 Å². The lowest BCUT2D eigenvalue weighted by Gasteiger charge is -2.21. The number of fused-ring (bicyclic) bond motifs is 1. The van der Waals surface area contributed by atoms with Gasteiger partial charge in [0, 0.05) is 6.42 Å². The fraction of sp³-hybridized carbons (Fsp3) is 0.467. The van der Waals surface area contributed by atoms with Gasteiger partial charge in [-0.15, -0.1) is 0 Å². The van der Waals surface area contributed by atoms with Gasteiger partial charge < -0.3 is 19.7 Å². The molecule has 0 aromatic heterocycles. The lowest BCUT2D eigenvalue weighted by Crippen LogP contribution is -2.24. The van der Waals surface area contributed by atoms with E-state index < -0.39 is 18.2 Å². The van der Waals surface area contributed by atoms with E-state index in [2.05, 4.69) is 0 Å². The minimum atomic E-state index is -1.29. The van der Waals surface area contributed by atoms with Gasteiger partial charge in [-0.2, -0.15) is 0 Å². The van der Waals surface area contributed by atoms with Gasteiger partial charge in [-0.25, -0.2) is 0 Å². The molecule has 1 aromatic rings. The van der Waals surface area contributed by atoms with Gasteiger partial charge in [0.2, 0.25) is 0 Å². The number of carbonyl (C=O) groups excluding carboxylic acids is 2. The number of hydrogen-bond donors (Lipinski definition) is 2. The second kappa shape index (κ2) is 6.69. The van der Waals surface area contributed by atoms with E-state index in [9.17, 15) is 19.8 Å². The minimum Gasteiger partial charge on any atom is -0.492 e. The highest BCUT2D eigenvalue weighted by Gasteiger charge is 2.25. The SMILES string of the molecule is CCOC(=O)CC(O)C(O)c1ccc2c(c1)C(=O)CCO2. The van der Waals surface area contributed by atoms with Crippen molar-refractivity contribution in [2.75, 3.05) is 13.2 Å². The number of ketones is 1. The highest BCUT2D eigenvalue weighted by molar-refractivity contribution is 5.99. The summed E-state index contributed by atoms with van der Waals surface area (Å²) in [5.41, 5.74) is 0.755. The molecule has 114 valence electrons. The third-order valence-corrected chi connectivity index (χ3v) is 3.28. The number of rotatable bonds is 5. The molecule has 2 N–H and O–H groups in total. The molecule has 0 aliphatic carbocycles. The molecular weight excluding hydrogens is 276 g/mol. The molecule has 0 fully saturated rings. The van der Waals surface area contributed by atoms with Crippen molar-refractivity contribution in [1.29, 1.82) is 0 Å². The van der Waals surface area contributed by atoms with Crippen LogP contribution in [0.2, 0.25) is 0 Å². The first-order valence-electron chi connectivity index (χ1n) is 6.84. The van der Waals surface area contributed by atoms with Crippen molar-refractivity contribution in [3.05, 3.63) is 29.3 Å². The van der Waals surface area contributed by atoms with E-state index in [4.69, 9.17) is 9.47 Å². The van der Waals surface area contributed by atoms with Crippen LogP contribution in [0.4, 0.5) is 0 Å². The average molecular weight is 294 g/mol. The Morgan fingerprint density at radius 3 is 2.90 bits per heavy atom. The van der Waals surface area contributed by atoms with Crippen LogP contribution in [0.15, 0.2) is 18.2 Å². The first-order valence-corrected chi connectivity index (χ1v) is 6.84.